The topological polar surface area (TPSA) is 94.3 Å². The van der Waals surface area contributed by atoms with Crippen molar-refractivity contribution in [1.82, 2.24) is 35.0 Å². The number of aromatic nitrogens is 7. The molecule has 2 aromatic heterocycles. The smallest absolute Gasteiger partial charge is 0.274 e. The molecule has 0 spiro atoms. The van der Waals surface area contributed by atoms with Crippen molar-refractivity contribution in [3.05, 3.63) is 70.4 Å². The molecule has 2 aromatic carbocycles. The van der Waals surface area contributed by atoms with Crippen LogP contribution in [0.5, 0.6) is 0 Å². The fraction of sp³-hybridized carbons (Fsp3) is 0.423. The molecule has 4 aromatic rings. The van der Waals surface area contributed by atoms with E-state index in [1.807, 2.05) is 22.8 Å². The number of nitrogens with zero attached hydrogens (tertiary/aromatic N) is 6. The minimum absolute atomic E-state index is 0.0218. The molecule has 0 radical (unpaired) electrons. The van der Waals surface area contributed by atoms with E-state index in [1.54, 1.807) is 4.68 Å². The minimum atomic E-state index is -0.0218. The normalized spacial score (nSPS) is 11.4. The number of H-pyrrole nitrogens is 1. The lowest BCUT2D eigenvalue weighted by molar-refractivity contribution is 0.514. The largest absolute Gasteiger partial charge is 0.346 e. The summed E-state index contributed by atoms with van der Waals surface area (Å²) in [6.07, 6.45) is 5.80. The minimum Gasteiger partial charge on any atom is -0.274 e. The van der Waals surface area contributed by atoms with Crippen LogP contribution in [0.4, 0.5) is 0 Å². The third-order valence-electron chi connectivity index (χ3n) is 6.07. The van der Waals surface area contributed by atoms with E-state index in [1.165, 1.54) is 19.3 Å². The van der Waals surface area contributed by atoms with E-state index in [9.17, 15) is 4.79 Å². The van der Waals surface area contributed by atoms with Gasteiger partial charge in [0.25, 0.3) is 0 Å². The highest BCUT2D eigenvalue weighted by Gasteiger charge is 2.17. The van der Waals surface area contributed by atoms with E-state index in [4.69, 9.17) is 0 Å². The molecule has 34 heavy (non-hydrogen) atoms. The highest BCUT2D eigenvalue weighted by molar-refractivity contribution is 5.80. The van der Waals surface area contributed by atoms with Crippen LogP contribution >= 0.6 is 0 Å². The molecule has 2 heterocycles. The SMILES string of the molecule is CCCCCCCn1nc(C(C)C)n(Cc2ccc(-c3ccccc3-c3nnn[nH]3)cc2)c1=O. The standard InChI is InChI=1S/C26H33N7O/c1-4-5-6-7-10-17-33-26(34)32(25(29-33)19(2)3)18-20-13-15-21(16-14-20)22-11-8-9-12-23(22)24-27-30-31-28-24/h8-9,11-16,19H,4-7,10,17-18H2,1-3H3,(H,27,28,30,31). The van der Waals surface area contributed by atoms with Gasteiger partial charge in [-0.15, -0.1) is 5.10 Å². The van der Waals surface area contributed by atoms with Gasteiger partial charge in [-0.1, -0.05) is 95.0 Å². The van der Waals surface area contributed by atoms with Crippen LogP contribution in [0.3, 0.4) is 0 Å². The zero-order valence-electron chi connectivity index (χ0n) is 20.2. The van der Waals surface area contributed by atoms with Gasteiger partial charge in [0.05, 0.1) is 6.54 Å². The van der Waals surface area contributed by atoms with Gasteiger partial charge in [0, 0.05) is 18.0 Å². The molecule has 0 bridgehead atoms. The Kier molecular flexibility index (Phi) is 7.67. The summed E-state index contributed by atoms with van der Waals surface area (Å²) in [5.41, 5.74) is 4.10. The van der Waals surface area contributed by atoms with Crippen LogP contribution in [0.25, 0.3) is 22.5 Å². The third kappa shape index (κ3) is 5.32. The first-order valence-electron chi connectivity index (χ1n) is 12.2. The monoisotopic (exact) mass is 459 g/mol. The Morgan fingerprint density at radius 2 is 1.68 bits per heavy atom. The number of hydrogen-bond donors (Lipinski definition) is 1. The summed E-state index contributed by atoms with van der Waals surface area (Å²) < 4.78 is 3.47. The van der Waals surface area contributed by atoms with E-state index in [-0.39, 0.29) is 11.6 Å². The predicted octanol–water partition coefficient (Wildman–Crippen LogP) is 5.03. The molecule has 0 aliphatic carbocycles. The molecule has 8 heteroatoms. The molecule has 0 saturated heterocycles. The lowest BCUT2D eigenvalue weighted by Crippen LogP contribution is -2.26. The number of nitrogens with one attached hydrogen (secondary N) is 1. The van der Waals surface area contributed by atoms with Crippen molar-refractivity contribution in [3.8, 4) is 22.5 Å². The van der Waals surface area contributed by atoms with Gasteiger partial charge in [-0.05, 0) is 33.5 Å². The number of aromatic amines is 1. The summed E-state index contributed by atoms with van der Waals surface area (Å²) in [6.45, 7) is 7.57. The van der Waals surface area contributed by atoms with Crippen LogP contribution < -0.4 is 5.69 Å². The Hall–Kier alpha value is -3.55. The highest BCUT2D eigenvalue weighted by Crippen LogP contribution is 2.29. The van der Waals surface area contributed by atoms with Crippen LogP contribution in [0.1, 0.15) is 70.2 Å². The van der Waals surface area contributed by atoms with Gasteiger partial charge in [-0.3, -0.25) is 4.57 Å². The quantitative estimate of drug-likeness (QED) is 0.317. The first kappa shape index (κ1) is 23.6. The van der Waals surface area contributed by atoms with Crippen molar-refractivity contribution in [1.29, 1.82) is 0 Å². The number of benzene rings is 2. The second-order valence-corrected chi connectivity index (χ2v) is 9.01. The van der Waals surface area contributed by atoms with Crippen LogP contribution in [0, 0.1) is 0 Å². The van der Waals surface area contributed by atoms with Crippen molar-refractivity contribution in [3.63, 3.8) is 0 Å². The van der Waals surface area contributed by atoms with Gasteiger partial charge in [0.15, 0.2) is 5.82 Å². The summed E-state index contributed by atoms with van der Waals surface area (Å²) >= 11 is 0. The molecule has 0 aliphatic heterocycles. The molecule has 0 unspecified atom stereocenters. The zero-order chi connectivity index (χ0) is 23.9. The molecule has 0 fully saturated rings. The highest BCUT2D eigenvalue weighted by atomic mass is 16.2. The Morgan fingerprint density at radius 1 is 0.941 bits per heavy atom. The lowest BCUT2D eigenvalue weighted by atomic mass is 9.98. The average molecular weight is 460 g/mol. The Morgan fingerprint density at radius 3 is 2.35 bits per heavy atom. The second-order valence-electron chi connectivity index (χ2n) is 9.01. The molecule has 8 nitrogen and oxygen atoms in total. The maximum absolute atomic E-state index is 13.1. The maximum Gasteiger partial charge on any atom is 0.346 e. The van der Waals surface area contributed by atoms with Gasteiger partial charge in [0.1, 0.15) is 5.82 Å². The van der Waals surface area contributed by atoms with E-state index < -0.39 is 0 Å². The number of rotatable bonds is 11. The number of hydrogen-bond acceptors (Lipinski definition) is 5. The number of aryl methyl sites for hydroxylation is 1. The van der Waals surface area contributed by atoms with Gasteiger partial charge in [-0.25, -0.2) is 14.6 Å². The summed E-state index contributed by atoms with van der Waals surface area (Å²) in [5, 5.41) is 19.0. The number of tetrazole rings is 1. The predicted molar refractivity (Wildman–Crippen MR) is 133 cm³/mol. The molecule has 0 amide bonds. The Balaban J connectivity index is 1.53. The molecular formula is C26H33N7O. The van der Waals surface area contributed by atoms with E-state index in [0.29, 0.717) is 18.9 Å². The van der Waals surface area contributed by atoms with Gasteiger partial charge < -0.3 is 0 Å². The molecule has 0 aliphatic rings. The maximum atomic E-state index is 13.1. The first-order chi connectivity index (χ1) is 16.6. The van der Waals surface area contributed by atoms with Crippen molar-refractivity contribution in [2.75, 3.05) is 0 Å². The van der Waals surface area contributed by atoms with E-state index >= 15 is 0 Å². The first-order valence-corrected chi connectivity index (χ1v) is 12.2. The zero-order valence-corrected chi connectivity index (χ0v) is 20.2. The summed E-state index contributed by atoms with van der Waals surface area (Å²) in [5.74, 6) is 1.65. The molecular weight excluding hydrogens is 426 g/mol. The average Bonchev–Trinajstić information content (AvgIpc) is 3.49. The summed E-state index contributed by atoms with van der Waals surface area (Å²) in [7, 11) is 0. The van der Waals surface area contributed by atoms with Crippen LogP contribution in [0.15, 0.2) is 53.3 Å². The Labute approximate surface area is 200 Å². The molecule has 0 saturated carbocycles. The lowest BCUT2D eigenvalue weighted by Gasteiger charge is -2.10. The van der Waals surface area contributed by atoms with E-state index in [0.717, 1.165) is 40.9 Å². The van der Waals surface area contributed by atoms with Crippen molar-refractivity contribution in [2.45, 2.75) is 71.9 Å². The third-order valence-corrected chi connectivity index (χ3v) is 6.07. The molecule has 4 rings (SSSR count). The van der Waals surface area contributed by atoms with Gasteiger partial charge in [0.2, 0.25) is 0 Å². The summed E-state index contributed by atoms with van der Waals surface area (Å²) in [4.78, 5) is 13.1. The fourth-order valence-corrected chi connectivity index (χ4v) is 4.23. The van der Waals surface area contributed by atoms with Crippen LogP contribution in [-0.4, -0.2) is 35.0 Å². The molecule has 178 valence electrons. The van der Waals surface area contributed by atoms with Crippen molar-refractivity contribution < 1.29 is 0 Å². The van der Waals surface area contributed by atoms with Crippen LogP contribution in [0.2, 0.25) is 0 Å². The number of unbranched alkanes of at least 4 members (excludes halogenated alkanes) is 4. The fourth-order valence-electron chi connectivity index (χ4n) is 4.23. The molecule has 0 atom stereocenters. The van der Waals surface area contributed by atoms with Crippen LogP contribution in [-0.2, 0) is 13.1 Å². The second kappa shape index (κ2) is 11.0. The Bertz CT molecular complexity index is 1240. The van der Waals surface area contributed by atoms with Gasteiger partial charge >= 0.3 is 5.69 Å². The molecule has 1 N–H and O–H groups in total. The van der Waals surface area contributed by atoms with Crippen molar-refractivity contribution >= 4 is 0 Å². The van der Waals surface area contributed by atoms with Crippen molar-refractivity contribution in [2.24, 2.45) is 0 Å². The van der Waals surface area contributed by atoms with Gasteiger partial charge in [-0.2, -0.15) is 5.10 Å². The van der Waals surface area contributed by atoms with E-state index in [2.05, 4.69) is 76.8 Å². The summed E-state index contributed by atoms with van der Waals surface area (Å²) in [6, 6.07) is 16.3.